The smallest absolute Gasteiger partial charge is 0.255 e. The van der Waals surface area contributed by atoms with Crippen LogP contribution in [0, 0.1) is 11.8 Å². The predicted octanol–water partition coefficient (Wildman–Crippen LogP) is 3.41. The summed E-state index contributed by atoms with van der Waals surface area (Å²) in [5, 5.41) is 2.80. The zero-order valence-electron chi connectivity index (χ0n) is 16.8. The van der Waals surface area contributed by atoms with E-state index in [4.69, 9.17) is 9.47 Å². The average molecular weight is 406 g/mol. The first kappa shape index (κ1) is 19.7. The van der Waals surface area contributed by atoms with Gasteiger partial charge >= 0.3 is 0 Å². The average Bonchev–Trinajstić information content (AvgIpc) is 3.04. The summed E-state index contributed by atoms with van der Waals surface area (Å²) in [4.78, 5) is 39.7. The SMILES string of the molecule is COc1ccc(OC)c(NC(=O)c2cccc(N3C(=O)[C@H]4CC=CC[C@@H]4C3=O)c2)c1. The minimum absolute atomic E-state index is 0.207. The van der Waals surface area contributed by atoms with Crippen molar-refractivity contribution in [3.05, 3.63) is 60.2 Å². The number of carbonyl (C=O) groups excluding carboxylic acids is 3. The maximum Gasteiger partial charge on any atom is 0.255 e. The molecule has 1 aliphatic carbocycles. The second kappa shape index (κ2) is 8.02. The van der Waals surface area contributed by atoms with Crippen molar-refractivity contribution < 1.29 is 23.9 Å². The molecule has 0 spiro atoms. The number of rotatable bonds is 5. The number of methoxy groups -OCH3 is 2. The second-order valence-corrected chi connectivity index (χ2v) is 7.24. The molecule has 1 N–H and O–H groups in total. The molecule has 7 heteroatoms. The van der Waals surface area contributed by atoms with Gasteiger partial charge in [-0.1, -0.05) is 18.2 Å². The zero-order chi connectivity index (χ0) is 21.3. The van der Waals surface area contributed by atoms with Crippen LogP contribution in [0.2, 0.25) is 0 Å². The van der Waals surface area contributed by atoms with Crippen molar-refractivity contribution in [1.29, 1.82) is 0 Å². The van der Waals surface area contributed by atoms with Crippen LogP contribution in [-0.4, -0.2) is 31.9 Å². The Kier molecular flexibility index (Phi) is 5.27. The minimum atomic E-state index is -0.387. The van der Waals surface area contributed by atoms with Gasteiger partial charge in [-0.3, -0.25) is 19.3 Å². The molecule has 0 aromatic heterocycles. The molecule has 2 aliphatic rings. The Labute approximate surface area is 174 Å². The van der Waals surface area contributed by atoms with Gasteiger partial charge in [-0.15, -0.1) is 0 Å². The largest absolute Gasteiger partial charge is 0.497 e. The third kappa shape index (κ3) is 3.43. The Balaban J connectivity index is 1.59. The van der Waals surface area contributed by atoms with Gasteiger partial charge in [-0.05, 0) is 43.2 Å². The van der Waals surface area contributed by atoms with E-state index in [9.17, 15) is 14.4 Å². The fraction of sp³-hybridized carbons (Fsp3) is 0.261. The molecule has 0 saturated carbocycles. The summed E-state index contributed by atoms with van der Waals surface area (Å²) in [5.41, 5.74) is 1.19. The number of ether oxygens (including phenoxy) is 2. The highest BCUT2D eigenvalue weighted by molar-refractivity contribution is 6.22. The molecule has 1 heterocycles. The number of anilines is 2. The first-order chi connectivity index (χ1) is 14.5. The standard InChI is InChI=1S/C23H22N2O5/c1-29-16-10-11-20(30-2)19(13-16)24-21(26)14-6-5-7-15(12-14)25-22(27)17-8-3-4-9-18(17)23(25)28/h3-7,10-13,17-18H,8-9H2,1-2H3,(H,24,26)/t17-,18-/m0/s1. The number of imide groups is 1. The third-order valence-electron chi connectivity index (χ3n) is 5.53. The van der Waals surface area contributed by atoms with Gasteiger partial charge in [0.05, 0.1) is 37.4 Å². The molecule has 2 aromatic rings. The highest BCUT2D eigenvalue weighted by Gasteiger charge is 2.47. The van der Waals surface area contributed by atoms with Gasteiger partial charge in [-0.2, -0.15) is 0 Å². The number of hydrogen-bond acceptors (Lipinski definition) is 5. The lowest BCUT2D eigenvalue weighted by Gasteiger charge is -2.16. The van der Waals surface area contributed by atoms with Crippen LogP contribution in [0.1, 0.15) is 23.2 Å². The van der Waals surface area contributed by atoms with Crippen molar-refractivity contribution in [2.45, 2.75) is 12.8 Å². The zero-order valence-corrected chi connectivity index (χ0v) is 16.8. The van der Waals surface area contributed by atoms with Crippen LogP contribution in [-0.2, 0) is 9.59 Å². The Morgan fingerprint density at radius 3 is 2.30 bits per heavy atom. The fourth-order valence-corrected chi connectivity index (χ4v) is 3.95. The minimum Gasteiger partial charge on any atom is -0.497 e. The molecule has 154 valence electrons. The van der Waals surface area contributed by atoms with Crippen molar-refractivity contribution >= 4 is 29.1 Å². The molecule has 1 fully saturated rings. The Hall–Kier alpha value is -3.61. The predicted molar refractivity (Wildman–Crippen MR) is 112 cm³/mol. The monoisotopic (exact) mass is 406 g/mol. The Bertz CT molecular complexity index is 1020. The quantitative estimate of drug-likeness (QED) is 0.608. The van der Waals surface area contributed by atoms with E-state index in [1.54, 1.807) is 42.5 Å². The first-order valence-corrected chi connectivity index (χ1v) is 9.69. The van der Waals surface area contributed by atoms with Crippen LogP contribution in [0.3, 0.4) is 0 Å². The lowest BCUT2D eigenvalue weighted by molar-refractivity contribution is -0.122. The van der Waals surface area contributed by atoms with Crippen LogP contribution in [0.4, 0.5) is 11.4 Å². The van der Waals surface area contributed by atoms with Gasteiger partial charge in [-0.25, -0.2) is 0 Å². The number of fused-ring (bicyclic) bond motifs is 1. The third-order valence-corrected chi connectivity index (χ3v) is 5.53. The van der Waals surface area contributed by atoms with Gasteiger partial charge in [0.2, 0.25) is 11.8 Å². The van der Waals surface area contributed by atoms with Gasteiger partial charge in [0.1, 0.15) is 11.5 Å². The molecular formula is C23H22N2O5. The highest BCUT2D eigenvalue weighted by Crippen LogP contribution is 2.38. The van der Waals surface area contributed by atoms with E-state index >= 15 is 0 Å². The molecule has 0 radical (unpaired) electrons. The maximum absolute atomic E-state index is 12.9. The molecule has 3 amide bonds. The lowest BCUT2D eigenvalue weighted by atomic mass is 9.85. The summed E-state index contributed by atoms with van der Waals surface area (Å²) in [6, 6.07) is 11.6. The molecule has 2 atom stereocenters. The molecule has 1 aliphatic heterocycles. The number of amides is 3. The van der Waals surface area contributed by atoms with Crippen molar-refractivity contribution in [3.8, 4) is 11.5 Å². The number of nitrogens with one attached hydrogen (secondary N) is 1. The van der Waals surface area contributed by atoms with E-state index in [1.165, 1.54) is 19.1 Å². The summed E-state index contributed by atoms with van der Waals surface area (Å²) >= 11 is 0. The van der Waals surface area contributed by atoms with E-state index in [1.807, 2.05) is 12.2 Å². The molecule has 0 bridgehead atoms. The summed E-state index contributed by atoms with van der Waals surface area (Å²) in [7, 11) is 3.05. The van der Waals surface area contributed by atoms with E-state index < -0.39 is 0 Å². The van der Waals surface area contributed by atoms with Crippen LogP contribution >= 0.6 is 0 Å². The van der Waals surface area contributed by atoms with Crippen molar-refractivity contribution in [1.82, 2.24) is 0 Å². The Morgan fingerprint density at radius 1 is 0.967 bits per heavy atom. The first-order valence-electron chi connectivity index (χ1n) is 9.69. The van der Waals surface area contributed by atoms with Crippen LogP contribution in [0.15, 0.2) is 54.6 Å². The number of nitrogens with zero attached hydrogens (tertiary/aromatic N) is 1. The summed E-state index contributed by atoms with van der Waals surface area (Å²) in [6.07, 6.45) is 5.03. The Morgan fingerprint density at radius 2 is 1.67 bits per heavy atom. The lowest BCUT2D eigenvalue weighted by Crippen LogP contribution is -2.31. The maximum atomic E-state index is 12.9. The molecule has 0 unspecified atom stereocenters. The fourth-order valence-electron chi connectivity index (χ4n) is 3.95. The molecule has 30 heavy (non-hydrogen) atoms. The molecular weight excluding hydrogens is 384 g/mol. The molecule has 1 saturated heterocycles. The topological polar surface area (TPSA) is 84.9 Å². The number of allylic oxidation sites excluding steroid dienone is 2. The van der Waals surface area contributed by atoms with E-state index in [0.29, 0.717) is 41.3 Å². The van der Waals surface area contributed by atoms with Crippen LogP contribution in [0.25, 0.3) is 0 Å². The van der Waals surface area contributed by atoms with E-state index in [0.717, 1.165) is 0 Å². The molecule has 7 nitrogen and oxygen atoms in total. The number of hydrogen-bond donors (Lipinski definition) is 1. The van der Waals surface area contributed by atoms with E-state index in [2.05, 4.69) is 5.32 Å². The van der Waals surface area contributed by atoms with Gasteiger partial charge in [0, 0.05) is 11.6 Å². The van der Waals surface area contributed by atoms with Crippen molar-refractivity contribution in [2.24, 2.45) is 11.8 Å². The van der Waals surface area contributed by atoms with Crippen molar-refractivity contribution in [3.63, 3.8) is 0 Å². The van der Waals surface area contributed by atoms with Gasteiger partial charge in [0.25, 0.3) is 5.91 Å². The van der Waals surface area contributed by atoms with Gasteiger partial charge in [0.15, 0.2) is 0 Å². The normalized spacial score (nSPS) is 20.1. The number of benzene rings is 2. The summed E-state index contributed by atoms with van der Waals surface area (Å²) in [6.45, 7) is 0. The van der Waals surface area contributed by atoms with E-state index in [-0.39, 0.29) is 29.6 Å². The summed E-state index contributed by atoms with van der Waals surface area (Å²) < 4.78 is 10.5. The number of carbonyl (C=O) groups is 3. The summed E-state index contributed by atoms with van der Waals surface area (Å²) in [5.74, 6) is -0.377. The van der Waals surface area contributed by atoms with Crippen LogP contribution < -0.4 is 19.7 Å². The van der Waals surface area contributed by atoms with Crippen molar-refractivity contribution in [2.75, 3.05) is 24.4 Å². The molecule has 2 aromatic carbocycles. The van der Waals surface area contributed by atoms with Gasteiger partial charge < -0.3 is 14.8 Å². The van der Waals surface area contributed by atoms with Crippen LogP contribution in [0.5, 0.6) is 11.5 Å². The second-order valence-electron chi connectivity index (χ2n) is 7.24. The highest BCUT2D eigenvalue weighted by atomic mass is 16.5. The molecule has 4 rings (SSSR count).